The van der Waals surface area contributed by atoms with Crippen LogP contribution in [0.5, 0.6) is 0 Å². The summed E-state index contributed by atoms with van der Waals surface area (Å²) in [6, 6.07) is 9.02. The number of rotatable bonds is 3. The Hall–Kier alpha value is -1.31. The molecule has 90 valence electrons. The molecule has 0 atom stereocenters. The fourth-order valence-corrected chi connectivity index (χ4v) is 3.03. The highest BCUT2D eigenvalue weighted by Crippen LogP contribution is 2.46. The second-order valence-corrected chi connectivity index (χ2v) is 5.44. The van der Waals surface area contributed by atoms with E-state index in [0.29, 0.717) is 5.41 Å². The Balaban J connectivity index is 1.86. The number of hydrogen-bond donors (Lipinski definition) is 1. The van der Waals surface area contributed by atoms with E-state index in [0.717, 1.165) is 19.5 Å². The van der Waals surface area contributed by atoms with E-state index in [-0.39, 0.29) is 0 Å². The van der Waals surface area contributed by atoms with Gasteiger partial charge in [0, 0.05) is 18.4 Å². The van der Waals surface area contributed by atoms with E-state index >= 15 is 0 Å². The molecular formula is C15H20N2. The van der Waals surface area contributed by atoms with Gasteiger partial charge in [0.25, 0.3) is 0 Å². The zero-order valence-corrected chi connectivity index (χ0v) is 10.5. The molecule has 0 saturated heterocycles. The topological polar surface area (TPSA) is 24.4 Å². The molecule has 2 heteroatoms. The van der Waals surface area contributed by atoms with E-state index in [1.165, 1.54) is 36.2 Å². The zero-order valence-electron chi connectivity index (χ0n) is 10.5. The molecule has 1 N–H and O–H groups in total. The number of amidine groups is 1. The zero-order chi connectivity index (χ0) is 11.7. The highest BCUT2D eigenvalue weighted by molar-refractivity contribution is 5.85. The number of hydrogen-bond acceptors (Lipinski definition) is 2. The molecule has 1 fully saturated rings. The van der Waals surface area contributed by atoms with Crippen LogP contribution in [-0.2, 0) is 5.41 Å². The average molecular weight is 228 g/mol. The number of aryl methyl sites for hydroxylation is 1. The molecule has 3 rings (SSSR count). The summed E-state index contributed by atoms with van der Waals surface area (Å²) in [6.07, 6.45) is 5.10. The van der Waals surface area contributed by atoms with Gasteiger partial charge in [0.1, 0.15) is 0 Å². The standard InChI is InChI=1S/C15H20N2/c1-12-4-2-5-13(10-12)15(6-3-7-15)11-14-16-8-9-17-14/h2,4-5,10H,3,6-9,11H2,1H3,(H,16,17). The fraction of sp³-hybridized carbons (Fsp3) is 0.533. The fourth-order valence-electron chi connectivity index (χ4n) is 3.03. The van der Waals surface area contributed by atoms with Crippen LogP contribution in [0.4, 0.5) is 0 Å². The quantitative estimate of drug-likeness (QED) is 0.845. The van der Waals surface area contributed by atoms with Gasteiger partial charge in [0.2, 0.25) is 0 Å². The van der Waals surface area contributed by atoms with Crippen LogP contribution >= 0.6 is 0 Å². The van der Waals surface area contributed by atoms with Gasteiger partial charge in [-0.3, -0.25) is 4.99 Å². The smallest absolute Gasteiger partial charge is 0.0973 e. The van der Waals surface area contributed by atoms with Crippen molar-refractivity contribution < 1.29 is 0 Å². The molecule has 1 aromatic carbocycles. The molecule has 1 heterocycles. The first-order chi connectivity index (χ1) is 8.28. The lowest BCUT2D eigenvalue weighted by molar-refractivity contribution is 0.252. The molecule has 1 aliphatic carbocycles. The minimum Gasteiger partial charge on any atom is -0.372 e. The van der Waals surface area contributed by atoms with E-state index in [9.17, 15) is 0 Å². The van der Waals surface area contributed by atoms with Gasteiger partial charge in [-0.05, 0) is 25.3 Å². The van der Waals surface area contributed by atoms with E-state index in [4.69, 9.17) is 0 Å². The molecule has 0 radical (unpaired) electrons. The third-order valence-electron chi connectivity index (χ3n) is 4.19. The molecule has 17 heavy (non-hydrogen) atoms. The number of aliphatic imine (C=N–C) groups is 1. The summed E-state index contributed by atoms with van der Waals surface area (Å²) < 4.78 is 0. The lowest BCUT2D eigenvalue weighted by Crippen LogP contribution is -2.39. The summed E-state index contributed by atoms with van der Waals surface area (Å²) in [5.74, 6) is 1.23. The van der Waals surface area contributed by atoms with Crippen LogP contribution in [0.25, 0.3) is 0 Å². The molecule has 0 amide bonds. The molecule has 2 aliphatic rings. The molecule has 1 saturated carbocycles. The maximum Gasteiger partial charge on any atom is 0.0973 e. The molecule has 1 aromatic rings. The Morgan fingerprint density at radius 3 is 2.82 bits per heavy atom. The molecule has 0 spiro atoms. The maximum absolute atomic E-state index is 4.56. The van der Waals surface area contributed by atoms with Crippen molar-refractivity contribution >= 4 is 5.84 Å². The average Bonchev–Trinajstić information content (AvgIpc) is 2.76. The van der Waals surface area contributed by atoms with Gasteiger partial charge in [-0.1, -0.05) is 36.2 Å². The molecule has 0 unspecified atom stereocenters. The van der Waals surface area contributed by atoms with E-state index in [2.05, 4.69) is 41.5 Å². The van der Waals surface area contributed by atoms with Crippen molar-refractivity contribution in [1.29, 1.82) is 0 Å². The summed E-state index contributed by atoms with van der Waals surface area (Å²) in [6.45, 7) is 4.17. The Labute approximate surface area is 103 Å². The SMILES string of the molecule is Cc1cccc(C2(CC3=NCCN3)CCC2)c1. The number of nitrogens with zero attached hydrogens (tertiary/aromatic N) is 1. The van der Waals surface area contributed by atoms with Crippen molar-refractivity contribution in [3.05, 3.63) is 35.4 Å². The number of nitrogens with one attached hydrogen (secondary N) is 1. The van der Waals surface area contributed by atoms with Crippen LogP contribution in [-0.4, -0.2) is 18.9 Å². The lowest BCUT2D eigenvalue weighted by Gasteiger charge is -2.42. The van der Waals surface area contributed by atoms with Crippen molar-refractivity contribution in [1.82, 2.24) is 5.32 Å². The van der Waals surface area contributed by atoms with Crippen LogP contribution < -0.4 is 5.32 Å². The summed E-state index contributed by atoms with van der Waals surface area (Å²) in [5, 5.41) is 3.41. The largest absolute Gasteiger partial charge is 0.372 e. The van der Waals surface area contributed by atoms with E-state index in [1.807, 2.05) is 0 Å². The van der Waals surface area contributed by atoms with Crippen molar-refractivity contribution in [2.75, 3.05) is 13.1 Å². The van der Waals surface area contributed by atoms with Crippen LogP contribution in [0, 0.1) is 6.92 Å². The predicted molar refractivity (Wildman–Crippen MR) is 71.6 cm³/mol. The second-order valence-electron chi connectivity index (χ2n) is 5.44. The Kier molecular flexibility index (Phi) is 2.65. The van der Waals surface area contributed by atoms with Gasteiger partial charge in [-0.15, -0.1) is 0 Å². The Morgan fingerprint density at radius 2 is 2.24 bits per heavy atom. The van der Waals surface area contributed by atoms with E-state index in [1.54, 1.807) is 0 Å². The van der Waals surface area contributed by atoms with Crippen molar-refractivity contribution in [2.45, 2.75) is 38.0 Å². The summed E-state index contributed by atoms with van der Waals surface area (Å²) >= 11 is 0. The highest BCUT2D eigenvalue weighted by Gasteiger charge is 2.39. The summed E-state index contributed by atoms with van der Waals surface area (Å²) in [5.41, 5.74) is 3.26. The molecule has 2 nitrogen and oxygen atoms in total. The van der Waals surface area contributed by atoms with Gasteiger partial charge < -0.3 is 5.32 Å². The van der Waals surface area contributed by atoms with Crippen molar-refractivity contribution in [3.63, 3.8) is 0 Å². The van der Waals surface area contributed by atoms with Gasteiger partial charge in [-0.25, -0.2) is 0 Å². The minimum atomic E-state index is 0.377. The van der Waals surface area contributed by atoms with Crippen LogP contribution in [0.2, 0.25) is 0 Å². The molecule has 0 aromatic heterocycles. The maximum atomic E-state index is 4.56. The predicted octanol–water partition coefficient (Wildman–Crippen LogP) is 2.81. The third-order valence-corrected chi connectivity index (χ3v) is 4.19. The van der Waals surface area contributed by atoms with Crippen LogP contribution in [0.3, 0.4) is 0 Å². The van der Waals surface area contributed by atoms with Crippen molar-refractivity contribution in [2.24, 2.45) is 4.99 Å². The van der Waals surface area contributed by atoms with E-state index < -0.39 is 0 Å². The minimum absolute atomic E-state index is 0.377. The highest BCUT2D eigenvalue weighted by atomic mass is 15.1. The first-order valence-corrected chi connectivity index (χ1v) is 6.63. The summed E-state index contributed by atoms with van der Waals surface area (Å²) in [7, 11) is 0. The molecular weight excluding hydrogens is 208 g/mol. The normalized spacial score (nSPS) is 21.6. The number of benzene rings is 1. The van der Waals surface area contributed by atoms with Crippen molar-refractivity contribution in [3.8, 4) is 0 Å². The Morgan fingerprint density at radius 1 is 1.35 bits per heavy atom. The molecule has 1 aliphatic heterocycles. The lowest BCUT2D eigenvalue weighted by atomic mass is 9.62. The van der Waals surface area contributed by atoms with Crippen LogP contribution in [0.15, 0.2) is 29.3 Å². The third kappa shape index (κ3) is 1.97. The van der Waals surface area contributed by atoms with Gasteiger partial charge in [0.05, 0.1) is 12.4 Å². The molecule has 0 bridgehead atoms. The first-order valence-electron chi connectivity index (χ1n) is 6.63. The second kappa shape index (κ2) is 4.17. The van der Waals surface area contributed by atoms with Crippen LogP contribution in [0.1, 0.15) is 36.8 Å². The first kappa shape index (κ1) is 10.8. The van der Waals surface area contributed by atoms with Gasteiger partial charge in [0.15, 0.2) is 0 Å². The monoisotopic (exact) mass is 228 g/mol. The summed E-state index contributed by atoms with van der Waals surface area (Å²) in [4.78, 5) is 4.56. The Bertz CT molecular complexity index is 444. The van der Waals surface area contributed by atoms with Gasteiger partial charge >= 0.3 is 0 Å². The van der Waals surface area contributed by atoms with Gasteiger partial charge in [-0.2, -0.15) is 0 Å².